The predicted octanol–water partition coefficient (Wildman–Crippen LogP) is 2.73. The van der Waals surface area contributed by atoms with E-state index in [4.69, 9.17) is 11.6 Å². The molecule has 2 amide bonds. The normalized spacial score (nSPS) is 13.5. The average molecular weight is 317 g/mol. The molecule has 0 aliphatic heterocycles. The number of nitrogens with zero attached hydrogens (tertiary/aromatic N) is 2. The molecule has 7 heteroatoms. The standard InChI is InChI=1S/C15H13ClN4O2/c16-12-6-7-13(20-19-12)18-15(22)10-2-1-3-11(8-10)17-14(21)9-4-5-9/h1-3,6-9H,4-5H2,(H,17,21)(H,18,20,22). The Labute approximate surface area is 131 Å². The molecule has 1 aromatic heterocycles. The van der Waals surface area contributed by atoms with E-state index in [1.54, 1.807) is 30.3 Å². The van der Waals surface area contributed by atoms with Gasteiger partial charge < -0.3 is 10.6 Å². The third-order valence-corrected chi connectivity index (χ3v) is 3.42. The molecule has 1 saturated carbocycles. The van der Waals surface area contributed by atoms with Crippen molar-refractivity contribution in [3.05, 3.63) is 47.1 Å². The van der Waals surface area contributed by atoms with Gasteiger partial charge in [-0.05, 0) is 43.2 Å². The maximum Gasteiger partial charge on any atom is 0.256 e. The largest absolute Gasteiger partial charge is 0.326 e. The van der Waals surface area contributed by atoms with Gasteiger partial charge in [-0.1, -0.05) is 17.7 Å². The molecule has 2 N–H and O–H groups in total. The summed E-state index contributed by atoms with van der Waals surface area (Å²) >= 11 is 5.64. The summed E-state index contributed by atoms with van der Waals surface area (Å²) in [5.74, 6) is 0.0870. The molecule has 1 fully saturated rings. The second-order valence-corrected chi connectivity index (χ2v) is 5.43. The highest BCUT2D eigenvalue weighted by Crippen LogP contribution is 2.30. The fraction of sp³-hybridized carbons (Fsp3) is 0.200. The topological polar surface area (TPSA) is 84.0 Å². The summed E-state index contributed by atoms with van der Waals surface area (Å²) in [5.41, 5.74) is 1.03. The summed E-state index contributed by atoms with van der Waals surface area (Å²) in [6.45, 7) is 0. The summed E-state index contributed by atoms with van der Waals surface area (Å²) in [4.78, 5) is 23.9. The molecule has 0 saturated heterocycles. The van der Waals surface area contributed by atoms with Crippen LogP contribution >= 0.6 is 11.6 Å². The maximum atomic E-state index is 12.2. The van der Waals surface area contributed by atoms with E-state index in [-0.39, 0.29) is 22.9 Å². The molecule has 6 nitrogen and oxygen atoms in total. The quantitative estimate of drug-likeness (QED) is 0.908. The Kier molecular flexibility index (Phi) is 4.02. The van der Waals surface area contributed by atoms with Crippen LogP contribution in [-0.2, 0) is 4.79 Å². The summed E-state index contributed by atoms with van der Waals surface area (Å²) < 4.78 is 0. The lowest BCUT2D eigenvalue weighted by Gasteiger charge is -2.07. The monoisotopic (exact) mass is 316 g/mol. The van der Waals surface area contributed by atoms with Gasteiger partial charge in [-0.3, -0.25) is 9.59 Å². The van der Waals surface area contributed by atoms with Gasteiger partial charge in [-0.2, -0.15) is 0 Å². The average Bonchev–Trinajstić information content (AvgIpc) is 3.34. The number of rotatable bonds is 4. The number of carbonyl (C=O) groups excluding carboxylic acids is 2. The Bertz CT molecular complexity index is 714. The number of amides is 2. The molecule has 22 heavy (non-hydrogen) atoms. The lowest BCUT2D eigenvalue weighted by molar-refractivity contribution is -0.117. The highest BCUT2D eigenvalue weighted by atomic mass is 35.5. The minimum Gasteiger partial charge on any atom is -0.326 e. The Morgan fingerprint density at radius 3 is 2.59 bits per heavy atom. The van der Waals surface area contributed by atoms with E-state index in [1.807, 2.05) is 0 Å². The number of hydrogen-bond acceptors (Lipinski definition) is 4. The molecular weight excluding hydrogens is 304 g/mol. The van der Waals surface area contributed by atoms with Crippen LogP contribution in [0, 0.1) is 5.92 Å². The van der Waals surface area contributed by atoms with Crippen molar-refractivity contribution in [3.8, 4) is 0 Å². The Hall–Kier alpha value is -2.47. The first kappa shape index (κ1) is 14.5. The highest BCUT2D eigenvalue weighted by Gasteiger charge is 2.29. The van der Waals surface area contributed by atoms with E-state index in [2.05, 4.69) is 20.8 Å². The molecule has 1 heterocycles. The van der Waals surface area contributed by atoms with Crippen molar-refractivity contribution in [3.63, 3.8) is 0 Å². The lowest BCUT2D eigenvalue weighted by atomic mass is 10.2. The predicted molar refractivity (Wildman–Crippen MR) is 82.8 cm³/mol. The zero-order valence-electron chi connectivity index (χ0n) is 11.5. The minimum atomic E-state index is -0.334. The minimum absolute atomic E-state index is 0.00104. The Morgan fingerprint density at radius 2 is 1.91 bits per heavy atom. The molecule has 0 spiro atoms. The van der Waals surface area contributed by atoms with E-state index in [0.717, 1.165) is 12.8 Å². The van der Waals surface area contributed by atoms with Gasteiger partial charge in [0.15, 0.2) is 11.0 Å². The lowest BCUT2D eigenvalue weighted by Crippen LogP contribution is -2.16. The molecule has 2 aromatic rings. The van der Waals surface area contributed by atoms with Gasteiger partial charge in [0.25, 0.3) is 5.91 Å². The Morgan fingerprint density at radius 1 is 1.09 bits per heavy atom. The molecule has 0 bridgehead atoms. The van der Waals surface area contributed by atoms with Gasteiger partial charge in [0.2, 0.25) is 5.91 Å². The van der Waals surface area contributed by atoms with E-state index >= 15 is 0 Å². The van der Waals surface area contributed by atoms with Crippen LogP contribution < -0.4 is 10.6 Å². The number of halogens is 1. The van der Waals surface area contributed by atoms with Crippen LogP contribution in [0.25, 0.3) is 0 Å². The van der Waals surface area contributed by atoms with Crippen molar-refractivity contribution in [2.24, 2.45) is 5.92 Å². The fourth-order valence-electron chi connectivity index (χ4n) is 1.90. The summed E-state index contributed by atoms with van der Waals surface area (Å²) in [6, 6.07) is 9.84. The van der Waals surface area contributed by atoms with Crippen molar-refractivity contribution in [2.75, 3.05) is 10.6 Å². The number of benzene rings is 1. The van der Waals surface area contributed by atoms with Gasteiger partial charge >= 0.3 is 0 Å². The van der Waals surface area contributed by atoms with Crippen molar-refractivity contribution < 1.29 is 9.59 Å². The van der Waals surface area contributed by atoms with E-state index in [1.165, 1.54) is 6.07 Å². The first-order chi connectivity index (χ1) is 10.6. The number of anilines is 2. The van der Waals surface area contributed by atoms with Crippen LogP contribution in [0.3, 0.4) is 0 Å². The first-order valence-corrected chi connectivity index (χ1v) is 7.21. The molecule has 1 aliphatic rings. The number of nitrogens with one attached hydrogen (secondary N) is 2. The molecule has 1 aliphatic carbocycles. The van der Waals surface area contributed by atoms with Crippen LogP contribution in [0.1, 0.15) is 23.2 Å². The second kappa shape index (κ2) is 6.11. The zero-order chi connectivity index (χ0) is 15.5. The number of hydrogen-bond donors (Lipinski definition) is 2. The smallest absolute Gasteiger partial charge is 0.256 e. The first-order valence-electron chi connectivity index (χ1n) is 6.83. The van der Waals surface area contributed by atoms with E-state index < -0.39 is 0 Å². The van der Waals surface area contributed by atoms with Crippen LogP contribution in [0.2, 0.25) is 5.15 Å². The van der Waals surface area contributed by atoms with Gasteiger partial charge in [-0.15, -0.1) is 10.2 Å². The van der Waals surface area contributed by atoms with Gasteiger partial charge in [0, 0.05) is 17.2 Å². The number of aromatic nitrogens is 2. The van der Waals surface area contributed by atoms with E-state index in [9.17, 15) is 9.59 Å². The second-order valence-electron chi connectivity index (χ2n) is 5.04. The van der Waals surface area contributed by atoms with Crippen molar-refractivity contribution >= 4 is 34.9 Å². The maximum absolute atomic E-state index is 12.2. The number of carbonyl (C=O) groups is 2. The van der Waals surface area contributed by atoms with Gasteiger partial charge in [0.1, 0.15) is 0 Å². The highest BCUT2D eigenvalue weighted by molar-refractivity contribution is 6.29. The molecular formula is C15H13ClN4O2. The molecule has 0 radical (unpaired) electrons. The molecule has 0 unspecified atom stereocenters. The van der Waals surface area contributed by atoms with Crippen LogP contribution in [0.15, 0.2) is 36.4 Å². The van der Waals surface area contributed by atoms with Crippen LogP contribution in [-0.4, -0.2) is 22.0 Å². The van der Waals surface area contributed by atoms with Gasteiger partial charge in [0.05, 0.1) is 0 Å². The van der Waals surface area contributed by atoms with Crippen LogP contribution in [0.4, 0.5) is 11.5 Å². The van der Waals surface area contributed by atoms with E-state index in [0.29, 0.717) is 17.1 Å². The third-order valence-electron chi connectivity index (χ3n) is 3.21. The van der Waals surface area contributed by atoms with Crippen molar-refractivity contribution in [2.45, 2.75) is 12.8 Å². The van der Waals surface area contributed by atoms with Crippen molar-refractivity contribution in [1.82, 2.24) is 10.2 Å². The zero-order valence-corrected chi connectivity index (χ0v) is 12.3. The van der Waals surface area contributed by atoms with Crippen molar-refractivity contribution in [1.29, 1.82) is 0 Å². The molecule has 3 rings (SSSR count). The third kappa shape index (κ3) is 3.59. The molecule has 112 valence electrons. The summed E-state index contributed by atoms with van der Waals surface area (Å²) in [6.07, 6.45) is 1.86. The molecule has 0 atom stereocenters. The SMILES string of the molecule is O=C(Nc1ccc(Cl)nn1)c1cccc(NC(=O)C2CC2)c1. The Balaban J connectivity index is 1.69. The molecule has 1 aromatic carbocycles. The van der Waals surface area contributed by atoms with Gasteiger partial charge in [-0.25, -0.2) is 0 Å². The summed E-state index contributed by atoms with van der Waals surface area (Å²) in [5, 5.41) is 13.1. The van der Waals surface area contributed by atoms with Crippen LogP contribution in [0.5, 0.6) is 0 Å². The summed E-state index contributed by atoms with van der Waals surface area (Å²) in [7, 11) is 0. The fourth-order valence-corrected chi connectivity index (χ4v) is 2.00.